The number of H-pyrrole nitrogens is 1. The van der Waals surface area contributed by atoms with Gasteiger partial charge in [0, 0.05) is 17.4 Å². The van der Waals surface area contributed by atoms with Gasteiger partial charge >= 0.3 is 0 Å². The summed E-state index contributed by atoms with van der Waals surface area (Å²) in [6, 6.07) is 7.85. The van der Waals surface area contributed by atoms with E-state index >= 15 is 0 Å². The summed E-state index contributed by atoms with van der Waals surface area (Å²) in [4.78, 5) is 14.8. The number of aromatic amines is 1. The molecule has 0 aliphatic carbocycles. The van der Waals surface area contributed by atoms with Crippen molar-refractivity contribution in [3.8, 4) is 0 Å². The van der Waals surface area contributed by atoms with Crippen molar-refractivity contribution in [3.63, 3.8) is 0 Å². The molecule has 0 unspecified atom stereocenters. The van der Waals surface area contributed by atoms with Gasteiger partial charge in [-0.05, 0) is 18.6 Å². The number of carbonyl (C=O) groups is 1. The number of amides is 1. The van der Waals surface area contributed by atoms with Crippen LogP contribution in [0, 0.1) is 6.92 Å². The average Bonchev–Trinajstić information content (AvgIpc) is 2.71. The highest BCUT2D eigenvalue weighted by atomic mass is 16.1. The van der Waals surface area contributed by atoms with Crippen LogP contribution in [0.2, 0.25) is 0 Å². The topological polar surface area (TPSA) is 44.9 Å². The van der Waals surface area contributed by atoms with Crippen LogP contribution < -0.4 is 5.32 Å². The monoisotopic (exact) mass is 214 g/mol. The van der Waals surface area contributed by atoms with Gasteiger partial charge in [-0.3, -0.25) is 4.79 Å². The minimum absolute atomic E-state index is 0.101. The van der Waals surface area contributed by atoms with Crippen molar-refractivity contribution in [3.05, 3.63) is 48.2 Å². The first-order valence-electron chi connectivity index (χ1n) is 5.20. The molecule has 1 amide bonds. The predicted octanol–water partition coefficient (Wildman–Crippen LogP) is 2.39. The third-order valence-corrected chi connectivity index (χ3v) is 2.52. The molecule has 1 aromatic heterocycles. The van der Waals surface area contributed by atoms with Crippen molar-refractivity contribution in [2.75, 3.05) is 6.54 Å². The maximum Gasteiger partial charge on any atom is 0.267 e. The molecule has 0 atom stereocenters. The number of rotatable bonds is 3. The average molecular weight is 214 g/mol. The predicted molar refractivity (Wildman–Crippen MR) is 65.6 cm³/mol. The van der Waals surface area contributed by atoms with Crippen LogP contribution in [0.5, 0.6) is 0 Å². The normalized spacial score (nSPS) is 10.3. The molecule has 0 bridgehead atoms. The first-order valence-corrected chi connectivity index (χ1v) is 5.20. The molecule has 2 rings (SSSR count). The Morgan fingerprint density at radius 2 is 2.38 bits per heavy atom. The minimum Gasteiger partial charge on any atom is -0.350 e. The van der Waals surface area contributed by atoms with Gasteiger partial charge in [-0.15, -0.1) is 6.58 Å². The Hall–Kier alpha value is -2.03. The van der Waals surface area contributed by atoms with E-state index in [0.717, 1.165) is 16.5 Å². The minimum atomic E-state index is -0.101. The summed E-state index contributed by atoms with van der Waals surface area (Å²) in [6.07, 6.45) is 1.66. The number of hydrogen-bond donors (Lipinski definition) is 2. The SMILES string of the molecule is C=CCNC(=O)c1cc2cccc(C)c2[nH]1. The van der Waals surface area contributed by atoms with E-state index in [1.54, 1.807) is 6.08 Å². The first kappa shape index (κ1) is 10.5. The fourth-order valence-corrected chi connectivity index (χ4v) is 1.69. The third-order valence-electron chi connectivity index (χ3n) is 2.52. The Kier molecular flexibility index (Phi) is 2.77. The fraction of sp³-hybridized carbons (Fsp3) is 0.154. The van der Waals surface area contributed by atoms with E-state index in [1.165, 1.54) is 0 Å². The molecule has 3 nitrogen and oxygen atoms in total. The molecular weight excluding hydrogens is 200 g/mol. The van der Waals surface area contributed by atoms with Crippen molar-refractivity contribution in [1.82, 2.24) is 10.3 Å². The van der Waals surface area contributed by atoms with E-state index < -0.39 is 0 Å². The third kappa shape index (κ3) is 1.84. The molecule has 0 fully saturated rings. The molecule has 0 saturated heterocycles. The number of para-hydroxylation sites is 1. The number of carbonyl (C=O) groups excluding carboxylic acids is 1. The zero-order valence-electron chi connectivity index (χ0n) is 9.21. The summed E-state index contributed by atoms with van der Waals surface area (Å²) in [7, 11) is 0. The molecular formula is C13H14N2O. The van der Waals surface area contributed by atoms with Crippen molar-refractivity contribution < 1.29 is 4.79 Å². The van der Waals surface area contributed by atoms with E-state index in [0.29, 0.717) is 12.2 Å². The van der Waals surface area contributed by atoms with Crippen LogP contribution in [0.1, 0.15) is 16.1 Å². The number of nitrogens with one attached hydrogen (secondary N) is 2. The highest BCUT2D eigenvalue weighted by Crippen LogP contribution is 2.18. The van der Waals surface area contributed by atoms with Crippen molar-refractivity contribution in [1.29, 1.82) is 0 Å². The van der Waals surface area contributed by atoms with Gasteiger partial charge in [-0.2, -0.15) is 0 Å². The number of hydrogen-bond acceptors (Lipinski definition) is 1. The van der Waals surface area contributed by atoms with E-state index in [2.05, 4.69) is 16.9 Å². The molecule has 3 heteroatoms. The zero-order valence-corrected chi connectivity index (χ0v) is 9.21. The molecule has 1 aromatic carbocycles. The Morgan fingerprint density at radius 3 is 3.06 bits per heavy atom. The number of aryl methyl sites for hydroxylation is 1. The second-order valence-electron chi connectivity index (χ2n) is 3.72. The summed E-state index contributed by atoms with van der Waals surface area (Å²) in [5, 5.41) is 3.80. The summed E-state index contributed by atoms with van der Waals surface area (Å²) in [6.45, 7) is 6.06. The van der Waals surface area contributed by atoms with Gasteiger partial charge in [0.05, 0.1) is 0 Å². The molecule has 16 heavy (non-hydrogen) atoms. The number of aromatic nitrogens is 1. The Labute approximate surface area is 94.2 Å². The Balaban J connectivity index is 2.36. The second kappa shape index (κ2) is 4.23. The van der Waals surface area contributed by atoms with Gasteiger partial charge in [0.2, 0.25) is 0 Å². The first-order chi connectivity index (χ1) is 7.72. The summed E-state index contributed by atoms with van der Waals surface area (Å²) < 4.78 is 0. The highest BCUT2D eigenvalue weighted by molar-refractivity contribution is 5.98. The molecule has 0 spiro atoms. The molecule has 2 aromatic rings. The molecule has 0 aliphatic heterocycles. The largest absolute Gasteiger partial charge is 0.350 e. The summed E-state index contributed by atoms with van der Waals surface area (Å²) in [5.41, 5.74) is 2.75. The molecule has 1 heterocycles. The maximum atomic E-state index is 11.7. The Bertz CT molecular complexity index is 540. The van der Waals surface area contributed by atoms with Crippen LogP contribution in [0.3, 0.4) is 0 Å². The maximum absolute atomic E-state index is 11.7. The van der Waals surface area contributed by atoms with Crippen LogP contribution >= 0.6 is 0 Å². The van der Waals surface area contributed by atoms with E-state index in [4.69, 9.17) is 0 Å². The second-order valence-corrected chi connectivity index (χ2v) is 3.72. The lowest BCUT2D eigenvalue weighted by molar-refractivity contribution is 0.0954. The smallest absolute Gasteiger partial charge is 0.267 e. The quantitative estimate of drug-likeness (QED) is 0.757. The van der Waals surface area contributed by atoms with Crippen molar-refractivity contribution in [2.45, 2.75) is 6.92 Å². The summed E-state index contributed by atoms with van der Waals surface area (Å²) in [5.74, 6) is -0.101. The molecule has 0 radical (unpaired) electrons. The number of fused-ring (bicyclic) bond motifs is 1. The molecule has 0 saturated carbocycles. The van der Waals surface area contributed by atoms with Crippen LogP contribution in [0.25, 0.3) is 10.9 Å². The lowest BCUT2D eigenvalue weighted by Crippen LogP contribution is -2.23. The number of benzene rings is 1. The lowest BCUT2D eigenvalue weighted by Gasteiger charge is -1.98. The van der Waals surface area contributed by atoms with Gasteiger partial charge in [0.25, 0.3) is 5.91 Å². The van der Waals surface area contributed by atoms with Gasteiger partial charge < -0.3 is 10.3 Å². The van der Waals surface area contributed by atoms with Gasteiger partial charge in [0.15, 0.2) is 0 Å². The van der Waals surface area contributed by atoms with Gasteiger partial charge in [0.1, 0.15) is 5.69 Å². The van der Waals surface area contributed by atoms with E-state index in [9.17, 15) is 4.79 Å². The van der Waals surface area contributed by atoms with Crippen LogP contribution in [0.4, 0.5) is 0 Å². The standard InChI is InChI=1S/C13H14N2O/c1-3-7-14-13(16)11-8-10-6-4-5-9(2)12(10)15-11/h3-6,8,15H,1,7H2,2H3,(H,14,16). The van der Waals surface area contributed by atoms with Gasteiger partial charge in [-0.25, -0.2) is 0 Å². The zero-order chi connectivity index (χ0) is 11.5. The molecule has 2 N–H and O–H groups in total. The van der Waals surface area contributed by atoms with Crippen molar-refractivity contribution in [2.24, 2.45) is 0 Å². The highest BCUT2D eigenvalue weighted by Gasteiger charge is 2.08. The van der Waals surface area contributed by atoms with Crippen LogP contribution in [0.15, 0.2) is 36.9 Å². The van der Waals surface area contributed by atoms with Gasteiger partial charge in [-0.1, -0.05) is 24.3 Å². The van der Waals surface area contributed by atoms with Crippen LogP contribution in [-0.2, 0) is 0 Å². The lowest BCUT2D eigenvalue weighted by atomic mass is 10.2. The van der Waals surface area contributed by atoms with E-state index in [1.807, 2.05) is 31.2 Å². The fourth-order valence-electron chi connectivity index (χ4n) is 1.69. The molecule has 0 aliphatic rings. The van der Waals surface area contributed by atoms with E-state index in [-0.39, 0.29) is 5.91 Å². The van der Waals surface area contributed by atoms with Crippen LogP contribution in [-0.4, -0.2) is 17.4 Å². The Morgan fingerprint density at radius 1 is 1.56 bits per heavy atom. The summed E-state index contributed by atoms with van der Waals surface area (Å²) >= 11 is 0. The molecule has 82 valence electrons. The van der Waals surface area contributed by atoms with Crippen molar-refractivity contribution >= 4 is 16.8 Å².